The molecule has 0 aliphatic rings. The highest BCUT2D eigenvalue weighted by Gasteiger charge is 2.19. The molecule has 0 bridgehead atoms. The lowest BCUT2D eigenvalue weighted by Crippen LogP contribution is -2.30. The lowest BCUT2D eigenvalue weighted by Gasteiger charge is -2.18. The van der Waals surface area contributed by atoms with Crippen molar-refractivity contribution >= 4 is 17.9 Å². The molecule has 0 aromatic carbocycles. The maximum atomic E-state index is 12.9. The number of ether oxygens (including phenoxy) is 3. The molecular formula is C65H122O6. The Labute approximate surface area is 443 Å². The van der Waals surface area contributed by atoms with E-state index in [1.165, 1.54) is 250 Å². The Morgan fingerprint density at radius 2 is 0.507 bits per heavy atom. The summed E-state index contributed by atoms with van der Waals surface area (Å²) < 4.78 is 16.9. The lowest BCUT2D eigenvalue weighted by molar-refractivity contribution is -0.167. The third-order valence-electron chi connectivity index (χ3n) is 14.5. The number of hydrogen-bond donors (Lipinski definition) is 0. The molecule has 0 N–H and O–H groups in total. The van der Waals surface area contributed by atoms with E-state index in [1.54, 1.807) is 0 Å². The third kappa shape index (κ3) is 58.7. The number of unbranched alkanes of at least 4 members (excludes halogenated alkanes) is 44. The van der Waals surface area contributed by atoms with Crippen LogP contribution in [0.5, 0.6) is 0 Å². The summed E-state index contributed by atoms with van der Waals surface area (Å²) in [6.45, 7) is 6.67. The zero-order chi connectivity index (χ0) is 51.4. The Kier molecular flexibility index (Phi) is 58.6. The minimum absolute atomic E-state index is 0.0649. The monoisotopic (exact) mass is 999 g/mol. The van der Waals surface area contributed by atoms with E-state index < -0.39 is 6.10 Å². The summed E-state index contributed by atoms with van der Waals surface area (Å²) in [4.78, 5) is 38.1. The van der Waals surface area contributed by atoms with Crippen LogP contribution in [0.15, 0.2) is 24.3 Å². The van der Waals surface area contributed by atoms with Crippen LogP contribution in [0.25, 0.3) is 0 Å². The van der Waals surface area contributed by atoms with E-state index in [4.69, 9.17) is 14.2 Å². The van der Waals surface area contributed by atoms with Gasteiger partial charge in [-0.1, -0.05) is 308 Å². The SMILES string of the molecule is CCCCCCC/C=C\C/C=C\CCCCCCCCCCCCCCCCCC(=O)OCC(COC(=O)CCCCCCCCCCC)OC(=O)CCCCCCCCCCCCCCCCCCC. The molecule has 0 fully saturated rings. The average molecular weight is 1000 g/mol. The van der Waals surface area contributed by atoms with Gasteiger partial charge in [-0.25, -0.2) is 0 Å². The number of allylic oxidation sites excluding steroid dienone is 4. The first-order valence-corrected chi connectivity index (χ1v) is 31.8. The fourth-order valence-corrected chi connectivity index (χ4v) is 9.65. The van der Waals surface area contributed by atoms with Gasteiger partial charge in [0.1, 0.15) is 13.2 Å². The highest BCUT2D eigenvalue weighted by molar-refractivity contribution is 5.71. The van der Waals surface area contributed by atoms with Crippen molar-refractivity contribution in [2.75, 3.05) is 13.2 Å². The van der Waals surface area contributed by atoms with Gasteiger partial charge >= 0.3 is 17.9 Å². The van der Waals surface area contributed by atoms with Gasteiger partial charge in [-0.2, -0.15) is 0 Å². The Morgan fingerprint density at radius 3 is 0.775 bits per heavy atom. The first-order chi connectivity index (χ1) is 35.0. The average Bonchev–Trinajstić information content (AvgIpc) is 3.37. The molecule has 0 aromatic rings. The summed E-state index contributed by atoms with van der Waals surface area (Å²) in [5.74, 6) is -0.842. The fraction of sp³-hybridized carbons (Fsp3) is 0.892. The van der Waals surface area contributed by atoms with Crippen molar-refractivity contribution in [1.29, 1.82) is 0 Å². The second kappa shape index (κ2) is 60.4. The summed E-state index contributed by atoms with van der Waals surface area (Å²) in [5, 5.41) is 0. The van der Waals surface area contributed by atoms with Crippen LogP contribution in [0, 0.1) is 0 Å². The van der Waals surface area contributed by atoms with Gasteiger partial charge in [0.15, 0.2) is 6.10 Å². The van der Waals surface area contributed by atoms with E-state index in [9.17, 15) is 14.4 Å². The molecule has 6 heteroatoms. The van der Waals surface area contributed by atoms with Gasteiger partial charge in [0.05, 0.1) is 0 Å². The molecule has 1 atom stereocenters. The van der Waals surface area contributed by atoms with Gasteiger partial charge < -0.3 is 14.2 Å². The van der Waals surface area contributed by atoms with E-state index in [1.807, 2.05) is 0 Å². The zero-order valence-corrected chi connectivity index (χ0v) is 48.0. The van der Waals surface area contributed by atoms with Crippen LogP contribution in [0.1, 0.15) is 355 Å². The van der Waals surface area contributed by atoms with Crippen LogP contribution in [0.3, 0.4) is 0 Å². The van der Waals surface area contributed by atoms with E-state index in [0.717, 1.165) is 64.2 Å². The van der Waals surface area contributed by atoms with Crippen molar-refractivity contribution in [1.82, 2.24) is 0 Å². The Bertz CT molecular complexity index is 1150. The molecule has 1 unspecified atom stereocenters. The summed E-state index contributed by atoms with van der Waals surface area (Å²) in [5.41, 5.74) is 0. The van der Waals surface area contributed by atoms with Crippen LogP contribution in [-0.2, 0) is 28.6 Å². The maximum Gasteiger partial charge on any atom is 0.306 e. The molecule has 418 valence electrons. The number of carbonyl (C=O) groups excluding carboxylic acids is 3. The second-order valence-corrected chi connectivity index (χ2v) is 21.7. The normalized spacial score (nSPS) is 12.1. The van der Waals surface area contributed by atoms with E-state index in [-0.39, 0.29) is 31.1 Å². The van der Waals surface area contributed by atoms with Crippen LogP contribution in [0.2, 0.25) is 0 Å². The fourth-order valence-electron chi connectivity index (χ4n) is 9.65. The Morgan fingerprint density at radius 1 is 0.282 bits per heavy atom. The van der Waals surface area contributed by atoms with Crippen molar-refractivity contribution in [2.45, 2.75) is 361 Å². The summed E-state index contributed by atoms with van der Waals surface area (Å²) >= 11 is 0. The predicted molar refractivity (Wildman–Crippen MR) is 307 cm³/mol. The number of rotatable bonds is 59. The van der Waals surface area contributed by atoms with Crippen molar-refractivity contribution in [2.24, 2.45) is 0 Å². The summed E-state index contributed by atoms with van der Waals surface area (Å²) in [7, 11) is 0. The number of esters is 3. The molecule has 0 heterocycles. The lowest BCUT2D eigenvalue weighted by atomic mass is 10.0. The first-order valence-electron chi connectivity index (χ1n) is 31.8. The van der Waals surface area contributed by atoms with Crippen LogP contribution in [-0.4, -0.2) is 37.2 Å². The van der Waals surface area contributed by atoms with Gasteiger partial charge in [-0.05, 0) is 51.4 Å². The molecule has 0 saturated heterocycles. The van der Waals surface area contributed by atoms with Gasteiger partial charge in [0, 0.05) is 19.3 Å². The molecule has 0 aromatic heterocycles. The zero-order valence-electron chi connectivity index (χ0n) is 48.0. The van der Waals surface area contributed by atoms with Crippen LogP contribution < -0.4 is 0 Å². The molecule has 0 saturated carbocycles. The van der Waals surface area contributed by atoms with E-state index >= 15 is 0 Å². The number of carbonyl (C=O) groups is 3. The minimum atomic E-state index is -0.765. The standard InChI is InChI=1S/C65H122O6/c1-4-7-10-13-16-19-21-23-25-27-28-29-30-31-32-33-34-35-36-38-39-41-43-46-49-52-55-58-64(67)70-61-62(60-69-63(66)57-54-51-48-45-18-15-12-9-6-3)71-65(68)59-56-53-50-47-44-42-40-37-26-24-22-20-17-14-11-8-5-2/h21,23,27-28,62H,4-20,22,24-26,29-61H2,1-3H3/b23-21-,28-27-. The molecule has 0 radical (unpaired) electrons. The molecule has 0 spiro atoms. The smallest absolute Gasteiger partial charge is 0.306 e. The first kappa shape index (κ1) is 68.9. The summed E-state index contributed by atoms with van der Waals surface area (Å²) in [6.07, 6.45) is 72.0. The van der Waals surface area contributed by atoms with Gasteiger partial charge in [0.2, 0.25) is 0 Å². The van der Waals surface area contributed by atoms with Crippen LogP contribution in [0.4, 0.5) is 0 Å². The van der Waals surface area contributed by atoms with E-state index in [2.05, 4.69) is 45.1 Å². The molecular weight excluding hydrogens is 877 g/mol. The minimum Gasteiger partial charge on any atom is -0.462 e. The molecule has 6 nitrogen and oxygen atoms in total. The largest absolute Gasteiger partial charge is 0.462 e. The predicted octanol–water partition coefficient (Wildman–Crippen LogP) is 21.4. The van der Waals surface area contributed by atoms with Crippen molar-refractivity contribution in [3.8, 4) is 0 Å². The molecule has 71 heavy (non-hydrogen) atoms. The quantitative estimate of drug-likeness (QED) is 0.0261. The highest BCUT2D eigenvalue weighted by Crippen LogP contribution is 2.18. The van der Waals surface area contributed by atoms with Gasteiger partial charge in [-0.15, -0.1) is 0 Å². The topological polar surface area (TPSA) is 78.9 Å². The highest BCUT2D eigenvalue weighted by atomic mass is 16.6. The molecule has 0 aliphatic heterocycles. The maximum absolute atomic E-state index is 12.9. The van der Waals surface area contributed by atoms with Crippen LogP contribution >= 0.6 is 0 Å². The van der Waals surface area contributed by atoms with E-state index in [0.29, 0.717) is 19.3 Å². The van der Waals surface area contributed by atoms with Gasteiger partial charge in [0.25, 0.3) is 0 Å². The third-order valence-corrected chi connectivity index (χ3v) is 14.5. The summed E-state index contributed by atoms with van der Waals surface area (Å²) in [6, 6.07) is 0. The Hall–Kier alpha value is -2.11. The van der Waals surface area contributed by atoms with Crippen molar-refractivity contribution in [3.05, 3.63) is 24.3 Å². The van der Waals surface area contributed by atoms with Gasteiger partial charge in [-0.3, -0.25) is 14.4 Å². The Balaban J connectivity index is 4.11. The van der Waals surface area contributed by atoms with Crippen molar-refractivity contribution < 1.29 is 28.6 Å². The second-order valence-electron chi connectivity index (χ2n) is 21.7. The number of hydrogen-bond acceptors (Lipinski definition) is 6. The molecule has 0 rings (SSSR count). The molecule has 0 aliphatic carbocycles. The molecule has 0 amide bonds. The van der Waals surface area contributed by atoms with Crippen molar-refractivity contribution in [3.63, 3.8) is 0 Å².